The lowest BCUT2D eigenvalue weighted by molar-refractivity contribution is 0.328. The molecule has 0 aliphatic carbocycles. The molecule has 19 heavy (non-hydrogen) atoms. The molecule has 0 fully saturated rings. The summed E-state index contributed by atoms with van der Waals surface area (Å²) >= 11 is 0. The summed E-state index contributed by atoms with van der Waals surface area (Å²) in [6, 6.07) is 8.97. The molecular formula is C14H12F3NO. The van der Waals surface area contributed by atoms with Crippen LogP contribution in [0.25, 0.3) is 0 Å². The van der Waals surface area contributed by atoms with Gasteiger partial charge in [-0.15, -0.1) is 0 Å². The quantitative estimate of drug-likeness (QED) is 0.836. The number of ether oxygens (including phenoxy) is 1. The van der Waals surface area contributed by atoms with Crippen molar-refractivity contribution in [2.45, 2.75) is 0 Å². The highest BCUT2D eigenvalue weighted by atomic mass is 19.1. The summed E-state index contributed by atoms with van der Waals surface area (Å²) in [5, 5.41) is 2.93. The van der Waals surface area contributed by atoms with E-state index >= 15 is 0 Å². The number of halogens is 3. The summed E-state index contributed by atoms with van der Waals surface area (Å²) < 4.78 is 43.8. The fourth-order valence-electron chi connectivity index (χ4n) is 1.57. The van der Waals surface area contributed by atoms with Crippen LogP contribution in [0.1, 0.15) is 0 Å². The summed E-state index contributed by atoms with van der Waals surface area (Å²) in [5.74, 6) is -1.59. The van der Waals surface area contributed by atoms with Gasteiger partial charge in [0.2, 0.25) is 0 Å². The van der Waals surface area contributed by atoms with Crippen LogP contribution in [0.4, 0.5) is 18.9 Å². The van der Waals surface area contributed by atoms with Gasteiger partial charge in [-0.1, -0.05) is 6.07 Å². The standard InChI is InChI=1S/C14H12F3NO/c15-10-2-1-3-13(7-10)18-4-5-19-14-8-11(16)6-12(17)9-14/h1-3,6-9,18H,4-5H2. The Morgan fingerprint density at radius 2 is 1.63 bits per heavy atom. The molecule has 2 rings (SSSR count). The molecule has 2 aromatic carbocycles. The van der Waals surface area contributed by atoms with Gasteiger partial charge in [0, 0.05) is 30.4 Å². The van der Waals surface area contributed by atoms with Crippen LogP contribution in [0.2, 0.25) is 0 Å². The van der Waals surface area contributed by atoms with Crippen LogP contribution in [-0.4, -0.2) is 13.2 Å². The number of anilines is 1. The van der Waals surface area contributed by atoms with Gasteiger partial charge in [-0.25, -0.2) is 13.2 Å². The van der Waals surface area contributed by atoms with Gasteiger partial charge in [-0.3, -0.25) is 0 Å². The minimum absolute atomic E-state index is 0.124. The van der Waals surface area contributed by atoms with Crippen LogP contribution < -0.4 is 10.1 Å². The first-order valence-corrected chi connectivity index (χ1v) is 5.72. The molecule has 0 saturated heterocycles. The Morgan fingerprint density at radius 3 is 2.32 bits per heavy atom. The summed E-state index contributed by atoms with van der Waals surface area (Å²) in [5.41, 5.74) is 0.619. The number of hydrogen-bond acceptors (Lipinski definition) is 2. The molecule has 0 aliphatic rings. The molecule has 0 atom stereocenters. The van der Waals surface area contributed by atoms with Gasteiger partial charge in [0.05, 0.1) is 0 Å². The highest BCUT2D eigenvalue weighted by Gasteiger charge is 2.01. The maximum Gasteiger partial charge on any atom is 0.129 e. The van der Waals surface area contributed by atoms with Gasteiger partial charge < -0.3 is 10.1 Å². The largest absolute Gasteiger partial charge is 0.492 e. The first-order chi connectivity index (χ1) is 9.13. The minimum Gasteiger partial charge on any atom is -0.492 e. The van der Waals surface area contributed by atoms with Gasteiger partial charge in [-0.2, -0.15) is 0 Å². The number of hydrogen-bond donors (Lipinski definition) is 1. The van der Waals surface area contributed by atoms with Crippen LogP contribution in [0.15, 0.2) is 42.5 Å². The van der Waals surface area contributed by atoms with Crippen molar-refractivity contribution in [3.63, 3.8) is 0 Å². The van der Waals surface area contributed by atoms with E-state index in [1.165, 1.54) is 12.1 Å². The third-order valence-corrected chi connectivity index (χ3v) is 2.36. The first kappa shape index (κ1) is 13.3. The molecule has 0 spiro atoms. The van der Waals surface area contributed by atoms with Crippen molar-refractivity contribution in [3.05, 3.63) is 59.9 Å². The average molecular weight is 267 g/mol. The van der Waals surface area contributed by atoms with Crippen molar-refractivity contribution in [1.82, 2.24) is 0 Å². The van der Waals surface area contributed by atoms with Gasteiger partial charge >= 0.3 is 0 Å². The number of benzene rings is 2. The second kappa shape index (κ2) is 6.13. The Labute approximate surface area is 108 Å². The van der Waals surface area contributed by atoms with Crippen molar-refractivity contribution in [3.8, 4) is 5.75 Å². The zero-order chi connectivity index (χ0) is 13.7. The van der Waals surface area contributed by atoms with Crippen LogP contribution in [-0.2, 0) is 0 Å². The van der Waals surface area contributed by atoms with E-state index in [4.69, 9.17) is 4.74 Å². The normalized spacial score (nSPS) is 10.3. The molecule has 0 amide bonds. The molecule has 0 aliphatic heterocycles. The SMILES string of the molecule is Fc1cccc(NCCOc2cc(F)cc(F)c2)c1. The van der Waals surface area contributed by atoms with E-state index in [0.29, 0.717) is 12.2 Å². The topological polar surface area (TPSA) is 21.3 Å². The van der Waals surface area contributed by atoms with Gasteiger partial charge in [0.25, 0.3) is 0 Å². The van der Waals surface area contributed by atoms with Gasteiger partial charge in [-0.05, 0) is 18.2 Å². The van der Waals surface area contributed by atoms with Crippen molar-refractivity contribution in [2.75, 3.05) is 18.5 Å². The zero-order valence-corrected chi connectivity index (χ0v) is 10.00. The number of rotatable bonds is 5. The molecular weight excluding hydrogens is 255 g/mol. The van der Waals surface area contributed by atoms with E-state index in [1.807, 2.05) is 0 Å². The van der Waals surface area contributed by atoms with Gasteiger partial charge in [0.15, 0.2) is 0 Å². The van der Waals surface area contributed by atoms with E-state index in [0.717, 1.165) is 18.2 Å². The predicted octanol–water partition coefficient (Wildman–Crippen LogP) is 3.59. The number of nitrogens with one attached hydrogen (secondary N) is 1. The van der Waals surface area contributed by atoms with Crippen LogP contribution in [0.3, 0.4) is 0 Å². The lowest BCUT2D eigenvalue weighted by atomic mass is 10.3. The van der Waals surface area contributed by atoms with Crippen LogP contribution in [0.5, 0.6) is 5.75 Å². The highest BCUT2D eigenvalue weighted by Crippen LogP contribution is 2.15. The Kier molecular flexibility index (Phi) is 4.28. The van der Waals surface area contributed by atoms with Crippen molar-refractivity contribution < 1.29 is 17.9 Å². The Morgan fingerprint density at radius 1 is 0.895 bits per heavy atom. The molecule has 2 aromatic rings. The predicted molar refractivity (Wildman–Crippen MR) is 66.7 cm³/mol. The lowest BCUT2D eigenvalue weighted by Gasteiger charge is -2.09. The fourth-order valence-corrected chi connectivity index (χ4v) is 1.57. The Hall–Kier alpha value is -2.17. The minimum atomic E-state index is -0.687. The van der Waals surface area contributed by atoms with Crippen molar-refractivity contribution >= 4 is 5.69 Å². The zero-order valence-electron chi connectivity index (χ0n) is 10.00. The molecule has 0 heterocycles. The third kappa shape index (κ3) is 4.21. The maximum absolute atomic E-state index is 12.9. The average Bonchev–Trinajstić information content (AvgIpc) is 2.34. The highest BCUT2D eigenvalue weighted by molar-refractivity contribution is 5.42. The Bertz CT molecular complexity index is 540. The van der Waals surface area contributed by atoms with Crippen molar-refractivity contribution in [1.29, 1.82) is 0 Å². The summed E-state index contributed by atoms with van der Waals surface area (Å²) in [6.07, 6.45) is 0. The molecule has 1 N–H and O–H groups in total. The lowest BCUT2D eigenvalue weighted by Crippen LogP contribution is -2.11. The van der Waals surface area contributed by atoms with E-state index in [1.54, 1.807) is 12.1 Å². The molecule has 5 heteroatoms. The Balaban J connectivity index is 1.80. The third-order valence-electron chi connectivity index (χ3n) is 2.36. The maximum atomic E-state index is 12.9. The monoisotopic (exact) mass is 267 g/mol. The van der Waals surface area contributed by atoms with Crippen LogP contribution >= 0.6 is 0 Å². The second-order valence-corrected chi connectivity index (χ2v) is 3.89. The summed E-state index contributed by atoms with van der Waals surface area (Å²) in [4.78, 5) is 0. The molecule has 0 aromatic heterocycles. The molecule has 0 radical (unpaired) electrons. The molecule has 100 valence electrons. The summed E-state index contributed by atoms with van der Waals surface area (Å²) in [6.45, 7) is 0.598. The van der Waals surface area contributed by atoms with Gasteiger partial charge in [0.1, 0.15) is 29.8 Å². The molecule has 0 saturated carbocycles. The van der Waals surface area contributed by atoms with E-state index in [9.17, 15) is 13.2 Å². The molecule has 0 bridgehead atoms. The molecule has 0 unspecified atom stereocenters. The second-order valence-electron chi connectivity index (χ2n) is 3.89. The summed E-state index contributed by atoms with van der Waals surface area (Å²) in [7, 11) is 0. The first-order valence-electron chi connectivity index (χ1n) is 5.72. The van der Waals surface area contributed by atoms with E-state index in [-0.39, 0.29) is 18.2 Å². The molecule has 2 nitrogen and oxygen atoms in total. The van der Waals surface area contributed by atoms with E-state index in [2.05, 4.69) is 5.32 Å². The fraction of sp³-hybridized carbons (Fsp3) is 0.143. The van der Waals surface area contributed by atoms with Crippen LogP contribution in [0, 0.1) is 17.5 Å². The smallest absolute Gasteiger partial charge is 0.129 e. The van der Waals surface area contributed by atoms with Crippen molar-refractivity contribution in [2.24, 2.45) is 0 Å². The van der Waals surface area contributed by atoms with E-state index < -0.39 is 11.6 Å².